The van der Waals surface area contributed by atoms with Crippen LogP contribution in [0, 0.1) is 0 Å². The summed E-state index contributed by atoms with van der Waals surface area (Å²) in [4.78, 5) is 23.5. The molecule has 1 unspecified atom stereocenters. The van der Waals surface area contributed by atoms with E-state index in [1.807, 2.05) is 0 Å². The Balaban J connectivity index is 0. The summed E-state index contributed by atoms with van der Waals surface area (Å²) in [5.74, 6) is -0.901. The van der Waals surface area contributed by atoms with Crippen LogP contribution in [0.15, 0.2) is 0 Å². The highest BCUT2D eigenvalue weighted by atomic mass is 28.4. The molecular formula is C14H31NO7Si. The third-order valence-electron chi connectivity index (χ3n) is 3.23. The van der Waals surface area contributed by atoms with Gasteiger partial charge < -0.3 is 28.1 Å². The van der Waals surface area contributed by atoms with Gasteiger partial charge in [-0.1, -0.05) is 0 Å². The molecule has 0 aromatic rings. The zero-order valence-corrected chi connectivity index (χ0v) is 15.7. The van der Waals surface area contributed by atoms with Gasteiger partial charge in [0.15, 0.2) is 0 Å². The molecule has 0 radical (unpaired) electrons. The molecule has 0 saturated carbocycles. The first-order valence-electron chi connectivity index (χ1n) is 7.69. The zero-order chi connectivity index (χ0) is 17.7. The maximum Gasteiger partial charge on any atom is 0.500 e. The van der Waals surface area contributed by atoms with E-state index in [0.29, 0.717) is 19.0 Å². The second kappa shape index (κ2) is 12.4. The molecule has 1 atom stereocenters. The van der Waals surface area contributed by atoms with Crippen LogP contribution in [-0.4, -0.2) is 67.9 Å². The number of carbonyl (C=O) groups is 2. The molecule has 8 nitrogen and oxygen atoms in total. The van der Waals surface area contributed by atoms with Gasteiger partial charge in [-0.05, 0) is 26.8 Å². The maximum absolute atomic E-state index is 11.9. The van der Waals surface area contributed by atoms with Gasteiger partial charge in [-0.25, -0.2) is 0 Å². The van der Waals surface area contributed by atoms with Crippen molar-refractivity contribution >= 4 is 20.7 Å². The van der Waals surface area contributed by atoms with Crippen LogP contribution < -0.4 is 5.32 Å². The van der Waals surface area contributed by atoms with E-state index in [-0.39, 0.29) is 21.1 Å². The molecular weight excluding hydrogens is 322 g/mol. The zero-order valence-electron chi connectivity index (χ0n) is 14.7. The van der Waals surface area contributed by atoms with Crippen LogP contribution in [-0.2, 0) is 32.3 Å². The number of ether oxygens (including phenoxy) is 2. The SMILES string of the molecule is CCOC(=O)CC(NCCC[Si](OC)(OC)OC)C(=O)OCC.[HH]. The summed E-state index contributed by atoms with van der Waals surface area (Å²) in [7, 11) is 2.03. The predicted octanol–water partition coefficient (Wildman–Crippen LogP) is 0.975. The van der Waals surface area contributed by atoms with E-state index in [0.717, 1.165) is 0 Å². The molecule has 0 bridgehead atoms. The number of carbonyl (C=O) groups excluding carboxylic acids is 2. The Morgan fingerprint density at radius 2 is 1.61 bits per heavy atom. The van der Waals surface area contributed by atoms with E-state index >= 15 is 0 Å². The lowest BCUT2D eigenvalue weighted by Crippen LogP contribution is -2.44. The van der Waals surface area contributed by atoms with Crippen molar-refractivity contribution in [3.8, 4) is 0 Å². The van der Waals surface area contributed by atoms with Gasteiger partial charge in [-0.2, -0.15) is 0 Å². The van der Waals surface area contributed by atoms with Crippen LogP contribution in [0.4, 0.5) is 0 Å². The minimum Gasteiger partial charge on any atom is -0.466 e. The quantitative estimate of drug-likeness (QED) is 0.297. The molecule has 0 aromatic heterocycles. The van der Waals surface area contributed by atoms with Gasteiger partial charge in [-0.15, -0.1) is 0 Å². The molecule has 138 valence electrons. The molecule has 0 saturated heterocycles. The van der Waals surface area contributed by atoms with Crippen molar-refractivity contribution in [1.29, 1.82) is 0 Å². The van der Waals surface area contributed by atoms with Gasteiger partial charge in [0.1, 0.15) is 6.04 Å². The van der Waals surface area contributed by atoms with Crippen LogP contribution in [0.3, 0.4) is 0 Å². The molecule has 0 spiro atoms. The second-order valence-corrected chi connectivity index (χ2v) is 7.76. The van der Waals surface area contributed by atoms with E-state index in [9.17, 15) is 9.59 Å². The first kappa shape index (κ1) is 22.0. The van der Waals surface area contributed by atoms with Gasteiger partial charge in [0.2, 0.25) is 0 Å². The fourth-order valence-corrected chi connectivity index (χ4v) is 3.73. The lowest BCUT2D eigenvalue weighted by atomic mass is 10.2. The molecule has 0 aliphatic rings. The van der Waals surface area contributed by atoms with Crippen molar-refractivity contribution in [2.24, 2.45) is 0 Å². The summed E-state index contributed by atoms with van der Waals surface area (Å²) in [5.41, 5.74) is 0. The molecule has 0 amide bonds. The van der Waals surface area contributed by atoms with E-state index in [4.69, 9.17) is 22.8 Å². The Bertz CT molecular complexity index is 348. The smallest absolute Gasteiger partial charge is 0.466 e. The molecule has 0 rings (SSSR count). The summed E-state index contributed by atoms with van der Waals surface area (Å²) in [6.45, 7) is 4.46. The highest BCUT2D eigenvalue weighted by molar-refractivity contribution is 6.60. The molecule has 0 aliphatic heterocycles. The minimum absolute atomic E-state index is 0. The Morgan fingerprint density at radius 1 is 1.04 bits per heavy atom. The van der Waals surface area contributed by atoms with Crippen LogP contribution in [0.25, 0.3) is 0 Å². The Morgan fingerprint density at radius 3 is 2.09 bits per heavy atom. The summed E-state index contributed by atoms with van der Waals surface area (Å²) in [5, 5.41) is 3.02. The molecule has 23 heavy (non-hydrogen) atoms. The van der Waals surface area contributed by atoms with Gasteiger partial charge in [-0.3, -0.25) is 9.59 Å². The summed E-state index contributed by atoms with van der Waals surface area (Å²) in [6.07, 6.45) is 0.606. The van der Waals surface area contributed by atoms with Crippen molar-refractivity contribution in [1.82, 2.24) is 5.32 Å². The van der Waals surface area contributed by atoms with Gasteiger partial charge >= 0.3 is 20.7 Å². The third-order valence-corrected chi connectivity index (χ3v) is 6.06. The summed E-state index contributed by atoms with van der Waals surface area (Å²) in [6, 6.07) is -0.129. The number of esters is 2. The van der Waals surface area contributed by atoms with Crippen LogP contribution in [0.5, 0.6) is 0 Å². The number of hydrogen-bond donors (Lipinski definition) is 1. The fraction of sp³-hybridized carbons (Fsp3) is 0.857. The lowest BCUT2D eigenvalue weighted by molar-refractivity contribution is -0.152. The van der Waals surface area contributed by atoms with Crippen molar-refractivity contribution < 1.29 is 33.8 Å². The lowest BCUT2D eigenvalue weighted by Gasteiger charge is -2.24. The standard InChI is InChI=1S/C14H29NO7Si.H2/c1-6-21-13(16)11-12(14(17)22-7-2)15-9-8-10-23(18-3,19-4)20-5;/h12,15H,6-11H2,1-5H3;1H. The Kier molecular flexibility index (Phi) is 11.9. The molecule has 1 N–H and O–H groups in total. The van der Waals surface area contributed by atoms with E-state index in [1.54, 1.807) is 35.2 Å². The summed E-state index contributed by atoms with van der Waals surface area (Å²) >= 11 is 0. The Hall–Kier alpha value is -1.00. The first-order valence-corrected chi connectivity index (χ1v) is 9.62. The van der Waals surface area contributed by atoms with Gasteiger partial charge in [0.05, 0.1) is 19.6 Å². The van der Waals surface area contributed by atoms with Crippen LogP contribution >= 0.6 is 0 Å². The van der Waals surface area contributed by atoms with E-state index in [2.05, 4.69) is 5.32 Å². The second-order valence-electron chi connectivity index (χ2n) is 4.67. The van der Waals surface area contributed by atoms with Crippen molar-refractivity contribution in [3.63, 3.8) is 0 Å². The monoisotopic (exact) mass is 353 g/mol. The van der Waals surface area contributed by atoms with E-state index < -0.39 is 26.8 Å². The highest BCUT2D eigenvalue weighted by Crippen LogP contribution is 2.14. The molecule has 0 aliphatic carbocycles. The Labute approximate surface area is 140 Å². The number of nitrogens with one attached hydrogen (secondary N) is 1. The molecule has 0 aromatic carbocycles. The maximum atomic E-state index is 11.9. The molecule has 0 heterocycles. The van der Waals surface area contributed by atoms with Crippen LogP contribution in [0.1, 0.15) is 28.1 Å². The van der Waals surface area contributed by atoms with Crippen molar-refractivity contribution in [2.75, 3.05) is 41.1 Å². The first-order chi connectivity index (χ1) is 11.0. The van der Waals surface area contributed by atoms with Crippen molar-refractivity contribution in [3.05, 3.63) is 0 Å². The van der Waals surface area contributed by atoms with E-state index in [1.165, 1.54) is 0 Å². The number of hydrogen-bond acceptors (Lipinski definition) is 8. The highest BCUT2D eigenvalue weighted by Gasteiger charge is 2.37. The third kappa shape index (κ3) is 8.42. The average molecular weight is 353 g/mol. The minimum atomic E-state index is -2.62. The van der Waals surface area contributed by atoms with Crippen molar-refractivity contribution in [2.45, 2.75) is 38.8 Å². The normalized spacial score (nSPS) is 12.7. The predicted molar refractivity (Wildman–Crippen MR) is 88.0 cm³/mol. The largest absolute Gasteiger partial charge is 0.500 e. The fourth-order valence-electron chi connectivity index (χ4n) is 2.01. The topological polar surface area (TPSA) is 92.3 Å². The van der Waals surface area contributed by atoms with Gasteiger partial charge in [0.25, 0.3) is 0 Å². The number of rotatable bonds is 13. The van der Waals surface area contributed by atoms with Gasteiger partial charge in [0, 0.05) is 28.8 Å². The average Bonchev–Trinajstić information content (AvgIpc) is 2.55. The summed E-state index contributed by atoms with van der Waals surface area (Å²) < 4.78 is 25.8. The van der Waals surface area contributed by atoms with Crippen LogP contribution in [0.2, 0.25) is 6.04 Å². The molecule has 0 fully saturated rings. The molecule has 9 heteroatoms.